The van der Waals surface area contributed by atoms with Gasteiger partial charge in [-0.1, -0.05) is 0 Å². The number of H-pyrrole nitrogens is 1. The third-order valence-corrected chi connectivity index (χ3v) is 2.79. The van der Waals surface area contributed by atoms with Crippen LogP contribution in [0.5, 0.6) is 0 Å². The number of aliphatic hydroxyl groups is 1. The fourth-order valence-electron chi connectivity index (χ4n) is 1.94. The molecule has 0 saturated heterocycles. The van der Waals surface area contributed by atoms with Gasteiger partial charge >= 0.3 is 0 Å². The second-order valence-electron chi connectivity index (χ2n) is 4.11. The van der Waals surface area contributed by atoms with Gasteiger partial charge in [0.25, 0.3) is 5.56 Å². The van der Waals surface area contributed by atoms with Crippen LogP contribution in [0.4, 0.5) is 5.82 Å². The lowest BCUT2D eigenvalue weighted by Crippen LogP contribution is -2.39. The maximum Gasteiger partial charge on any atom is 0.290 e. The standard InChI is InChI=1S/C10H15N3O2/c1-13(6-7-4-8(14)5-7)9-10(15)12-3-2-11-9/h2-3,7-8,14H,4-6H2,1H3,(H,12,15). The van der Waals surface area contributed by atoms with Crippen LogP contribution < -0.4 is 10.5 Å². The Morgan fingerprint density at radius 2 is 2.40 bits per heavy atom. The zero-order valence-corrected chi connectivity index (χ0v) is 8.68. The number of aliphatic hydroxyl groups excluding tert-OH is 1. The van der Waals surface area contributed by atoms with Crippen LogP contribution in [-0.2, 0) is 0 Å². The topological polar surface area (TPSA) is 69.2 Å². The number of anilines is 1. The third-order valence-electron chi connectivity index (χ3n) is 2.79. The first-order chi connectivity index (χ1) is 7.16. The Balaban J connectivity index is 1.99. The van der Waals surface area contributed by atoms with E-state index in [0.717, 1.165) is 19.4 Å². The van der Waals surface area contributed by atoms with E-state index in [1.165, 1.54) is 6.20 Å². The number of hydrogen-bond acceptors (Lipinski definition) is 4. The summed E-state index contributed by atoms with van der Waals surface area (Å²) in [6.07, 6.45) is 4.60. The van der Waals surface area contributed by atoms with Gasteiger partial charge in [0.1, 0.15) is 0 Å². The monoisotopic (exact) mass is 209 g/mol. The maximum atomic E-state index is 11.4. The molecule has 0 aromatic carbocycles. The zero-order chi connectivity index (χ0) is 10.8. The van der Waals surface area contributed by atoms with Crippen LogP contribution >= 0.6 is 0 Å². The summed E-state index contributed by atoms with van der Waals surface area (Å²) in [7, 11) is 1.85. The van der Waals surface area contributed by atoms with E-state index in [1.54, 1.807) is 6.20 Å². The maximum absolute atomic E-state index is 11.4. The van der Waals surface area contributed by atoms with Gasteiger partial charge in [-0.2, -0.15) is 0 Å². The lowest BCUT2D eigenvalue weighted by atomic mass is 9.82. The number of nitrogens with one attached hydrogen (secondary N) is 1. The molecule has 2 rings (SSSR count). The highest BCUT2D eigenvalue weighted by molar-refractivity contribution is 5.33. The first-order valence-corrected chi connectivity index (χ1v) is 5.09. The summed E-state index contributed by atoms with van der Waals surface area (Å²) in [6.45, 7) is 0.775. The fraction of sp³-hybridized carbons (Fsp3) is 0.600. The van der Waals surface area contributed by atoms with Gasteiger partial charge in [-0.05, 0) is 18.8 Å². The highest BCUT2D eigenvalue weighted by atomic mass is 16.3. The fourth-order valence-corrected chi connectivity index (χ4v) is 1.94. The van der Waals surface area contributed by atoms with Crippen LogP contribution in [-0.4, -0.2) is 34.8 Å². The molecule has 0 aliphatic heterocycles. The molecular weight excluding hydrogens is 194 g/mol. The van der Waals surface area contributed by atoms with E-state index in [1.807, 2.05) is 11.9 Å². The van der Waals surface area contributed by atoms with Crippen molar-refractivity contribution in [3.8, 4) is 0 Å². The molecule has 1 fully saturated rings. The van der Waals surface area contributed by atoms with Gasteiger partial charge in [-0.15, -0.1) is 0 Å². The minimum Gasteiger partial charge on any atom is -0.393 e. The Labute approximate surface area is 87.8 Å². The van der Waals surface area contributed by atoms with Crippen molar-refractivity contribution < 1.29 is 5.11 Å². The molecule has 1 aromatic rings. The van der Waals surface area contributed by atoms with Gasteiger partial charge in [0.2, 0.25) is 0 Å². The normalized spacial score (nSPS) is 24.7. The van der Waals surface area contributed by atoms with Crippen LogP contribution in [0.15, 0.2) is 17.2 Å². The van der Waals surface area contributed by atoms with Gasteiger partial charge in [0, 0.05) is 26.0 Å². The summed E-state index contributed by atoms with van der Waals surface area (Å²) < 4.78 is 0. The van der Waals surface area contributed by atoms with E-state index in [-0.39, 0.29) is 11.7 Å². The molecule has 0 amide bonds. The molecule has 1 aliphatic rings. The van der Waals surface area contributed by atoms with Gasteiger partial charge in [-0.25, -0.2) is 4.98 Å². The van der Waals surface area contributed by atoms with Crippen LogP contribution in [0.25, 0.3) is 0 Å². The highest BCUT2D eigenvalue weighted by Gasteiger charge is 2.28. The van der Waals surface area contributed by atoms with E-state index < -0.39 is 0 Å². The predicted octanol–water partition coefficient (Wildman–Crippen LogP) is -0.0230. The minimum atomic E-state index is -0.167. The highest BCUT2D eigenvalue weighted by Crippen LogP contribution is 2.27. The van der Waals surface area contributed by atoms with Gasteiger partial charge in [-0.3, -0.25) is 4.79 Å². The van der Waals surface area contributed by atoms with E-state index in [0.29, 0.717) is 11.7 Å². The molecule has 0 bridgehead atoms. The van der Waals surface area contributed by atoms with E-state index in [4.69, 9.17) is 5.11 Å². The largest absolute Gasteiger partial charge is 0.393 e. The molecule has 5 heteroatoms. The molecule has 0 radical (unpaired) electrons. The Morgan fingerprint density at radius 3 is 3.00 bits per heavy atom. The quantitative estimate of drug-likeness (QED) is 0.734. The first-order valence-electron chi connectivity index (χ1n) is 5.09. The average molecular weight is 209 g/mol. The summed E-state index contributed by atoms with van der Waals surface area (Å²) in [6, 6.07) is 0. The number of hydrogen-bond donors (Lipinski definition) is 2. The SMILES string of the molecule is CN(CC1CC(O)C1)c1ncc[nH]c1=O. The lowest BCUT2D eigenvalue weighted by Gasteiger charge is -2.34. The Kier molecular flexibility index (Phi) is 2.73. The molecule has 15 heavy (non-hydrogen) atoms. The second-order valence-corrected chi connectivity index (χ2v) is 4.11. The smallest absolute Gasteiger partial charge is 0.290 e. The van der Waals surface area contributed by atoms with Crippen molar-refractivity contribution in [2.45, 2.75) is 18.9 Å². The number of aromatic nitrogens is 2. The third kappa shape index (κ3) is 2.18. The number of aromatic amines is 1. The summed E-state index contributed by atoms with van der Waals surface area (Å²) in [5, 5.41) is 9.15. The van der Waals surface area contributed by atoms with Crippen molar-refractivity contribution in [1.29, 1.82) is 0 Å². The summed E-state index contributed by atoms with van der Waals surface area (Å²) in [5.41, 5.74) is -0.167. The van der Waals surface area contributed by atoms with Crippen LogP contribution in [0.3, 0.4) is 0 Å². The summed E-state index contributed by atoms with van der Waals surface area (Å²) in [4.78, 5) is 19.9. The van der Waals surface area contributed by atoms with Crippen molar-refractivity contribution in [3.05, 3.63) is 22.7 Å². The van der Waals surface area contributed by atoms with Crippen LogP contribution in [0.1, 0.15) is 12.8 Å². The lowest BCUT2D eigenvalue weighted by molar-refractivity contribution is 0.0464. The Hall–Kier alpha value is -1.36. The molecule has 0 unspecified atom stereocenters. The molecule has 1 aromatic heterocycles. The number of nitrogens with zero attached hydrogens (tertiary/aromatic N) is 2. The second kappa shape index (κ2) is 4.02. The van der Waals surface area contributed by atoms with E-state index >= 15 is 0 Å². The molecule has 1 saturated carbocycles. The first kappa shape index (κ1) is 10.2. The van der Waals surface area contributed by atoms with Crippen molar-refractivity contribution in [2.75, 3.05) is 18.5 Å². The van der Waals surface area contributed by atoms with Gasteiger partial charge in [0.15, 0.2) is 5.82 Å². The van der Waals surface area contributed by atoms with Crippen molar-refractivity contribution in [1.82, 2.24) is 9.97 Å². The van der Waals surface area contributed by atoms with Crippen molar-refractivity contribution >= 4 is 5.82 Å². The summed E-state index contributed by atoms with van der Waals surface area (Å²) in [5.74, 6) is 0.922. The Bertz CT molecular complexity index is 384. The zero-order valence-electron chi connectivity index (χ0n) is 8.68. The Morgan fingerprint density at radius 1 is 1.67 bits per heavy atom. The molecule has 82 valence electrons. The molecule has 0 spiro atoms. The number of rotatable bonds is 3. The molecule has 2 N–H and O–H groups in total. The molecular formula is C10H15N3O2. The van der Waals surface area contributed by atoms with Gasteiger partial charge < -0.3 is 15.0 Å². The van der Waals surface area contributed by atoms with Crippen LogP contribution in [0, 0.1) is 5.92 Å². The van der Waals surface area contributed by atoms with Crippen molar-refractivity contribution in [2.24, 2.45) is 5.92 Å². The summed E-state index contributed by atoms with van der Waals surface area (Å²) >= 11 is 0. The minimum absolute atomic E-state index is 0.148. The van der Waals surface area contributed by atoms with E-state index in [2.05, 4.69) is 9.97 Å². The molecule has 0 atom stereocenters. The van der Waals surface area contributed by atoms with E-state index in [9.17, 15) is 4.79 Å². The van der Waals surface area contributed by atoms with Crippen LogP contribution in [0.2, 0.25) is 0 Å². The predicted molar refractivity (Wildman–Crippen MR) is 56.9 cm³/mol. The molecule has 1 aliphatic carbocycles. The average Bonchev–Trinajstić information content (AvgIpc) is 2.16. The van der Waals surface area contributed by atoms with Gasteiger partial charge in [0.05, 0.1) is 6.10 Å². The molecule has 1 heterocycles. The molecule has 5 nitrogen and oxygen atoms in total. The van der Waals surface area contributed by atoms with Crippen molar-refractivity contribution in [3.63, 3.8) is 0 Å².